The van der Waals surface area contributed by atoms with Gasteiger partial charge in [0.15, 0.2) is 0 Å². The lowest BCUT2D eigenvalue weighted by molar-refractivity contribution is 0.414. The molecule has 1 aromatic rings. The van der Waals surface area contributed by atoms with E-state index in [0.717, 1.165) is 5.56 Å². The van der Waals surface area contributed by atoms with E-state index >= 15 is 0 Å². The van der Waals surface area contributed by atoms with E-state index in [0.29, 0.717) is 12.3 Å². The van der Waals surface area contributed by atoms with Crippen molar-refractivity contribution in [3.8, 4) is 5.75 Å². The van der Waals surface area contributed by atoms with Crippen molar-refractivity contribution in [1.82, 2.24) is 0 Å². The quantitative estimate of drug-likeness (QED) is 0.743. The highest BCUT2D eigenvalue weighted by atomic mass is 35.5. The number of hydrogen-bond donors (Lipinski definition) is 1. The lowest BCUT2D eigenvalue weighted by Crippen LogP contribution is -1.95. The van der Waals surface area contributed by atoms with Crippen LogP contribution in [0.1, 0.15) is 9.68 Å². The smallest absolute Gasteiger partial charge is 0.118 e. The summed E-state index contributed by atoms with van der Waals surface area (Å²) in [4.78, 5) is 0. The van der Waals surface area contributed by atoms with Gasteiger partial charge in [0.1, 0.15) is 5.75 Å². The van der Waals surface area contributed by atoms with Crippen molar-refractivity contribution in [1.29, 1.82) is 0 Å². The van der Waals surface area contributed by atoms with Gasteiger partial charge in [0, 0.05) is 6.54 Å². The van der Waals surface area contributed by atoms with E-state index in [-0.39, 0.29) is 12.4 Å². The van der Waals surface area contributed by atoms with Crippen LogP contribution < -0.4 is 10.5 Å². The predicted octanol–water partition coefficient (Wildman–Crippen LogP) is 1.58. The summed E-state index contributed by atoms with van der Waals surface area (Å²) >= 11 is 0. The molecule has 0 fully saturated rings. The summed E-state index contributed by atoms with van der Waals surface area (Å²) in [5.41, 5.74) is 6.32. The molecule has 1 aromatic carbocycles. The van der Waals surface area contributed by atoms with Crippen LogP contribution in [0.5, 0.6) is 5.75 Å². The van der Waals surface area contributed by atoms with E-state index in [4.69, 9.17) is 9.85 Å². The topological polar surface area (TPSA) is 35.2 Å². The summed E-state index contributed by atoms with van der Waals surface area (Å²) in [5.74, 6) is 0.331. The molecule has 0 atom stereocenters. The summed E-state index contributed by atoms with van der Waals surface area (Å²) in [5, 5.41) is 0. The minimum atomic E-state index is -2.38. The standard InChI is InChI=1S/C8H11NO.ClH/c1-10-8-4-2-7(6-9)3-5-8;/h2-5H,6,9H2,1H3;1H/i1D3;. The molecule has 0 aliphatic carbocycles. The largest absolute Gasteiger partial charge is 0.497 e. The molecule has 0 spiro atoms. The van der Waals surface area contributed by atoms with Crippen molar-refractivity contribution in [3.63, 3.8) is 0 Å². The molecule has 0 aliphatic rings. The molecule has 0 amide bonds. The Kier molecular flexibility index (Phi) is 2.66. The van der Waals surface area contributed by atoms with E-state index in [1.807, 2.05) is 0 Å². The zero-order valence-corrected chi connectivity index (χ0v) is 6.73. The number of nitrogens with two attached hydrogens (primary N) is 1. The van der Waals surface area contributed by atoms with Gasteiger partial charge in [-0.25, -0.2) is 0 Å². The Morgan fingerprint density at radius 1 is 1.45 bits per heavy atom. The van der Waals surface area contributed by atoms with Gasteiger partial charge in [-0.05, 0) is 17.7 Å². The van der Waals surface area contributed by atoms with Crippen LogP contribution in [0.4, 0.5) is 0 Å². The van der Waals surface area contributed by atoms with Gasteiger partial charge < -0.3 is 10.5 Å². The second-order valence-electron chi connectivity index (χ2n) is 1.95. The number of rotatable bonds is 2. The molecule has 2 N–H and O–H groups in total. The van der Waals surface area contributed by atoms with E-state index in [1.165, 1.54) is 0 Å². The molecule has 1 rings (SSSR count). The highest BCUT2D eigenvalue weighted by Crippen LogP contribution is 2.09. The number of benzene rings is 1. The van der Waals surface area contributed by atoms with Gasteiger partial charge >= 0.3 is 0 Å². The molecule has 3 heteroatoms. The van der Waals surface area contributed by atoms with Crippen LogP contribution in [0, 0.1) is 0 Å². The summed E-state index contributed by atoms with van der Waals surface area (Å²) in [7, 11) is -2.38. The fourth-order valence-electron chi connectivity index (χ4n) is 0.694. The Morgan fingerprint density at radius 2 is 2.09 bits per heavy atom. The zero-order valence-electron chi connectivity index (χ0n) is 8.91. The van der Waals surface area contributed by atoms with E-state index in [9.17, 15) is 0 Å². The third kappa shape index (κ3) is 2.78. The van der Waals surface area contributed by atoms with Gasteiger partial charge in [-0.2, -0.15) is 0 Å². The van der Waals surface area contributed by atoms with Crippen LogP contribution in [0.25, 0.3) is 0 Å². The van der Waals surface area contributed by atoms with Gasteiger partial charge in [-0.3, -0.25) is 0 Å². The van der Waals surface area contributed by atoms with Gasteiger partial charge in [0.2, 0.25) is 0 Å². The molecule has 0 unspecified atom stereocenters. The third-order valence-corrected chi connectivity index (χ3v) is 1.28. The molecule has 62 valence electrons. The highest BCUT2D eigenvalue weighted by molar-refractivity contribution is 5.85. The van der Waals surface area contributed by atoms with Crippen LogP contribution in [-0.2, 0) is 6.54 Å². The minimum absolute atomic E-state index is 0. The summed E-state index contributed by atoms with van der Waals surface area (Å²) in [6.45, 7) is 0.439. The normalized spacial score (nSPS) is 13.7. The maximum absolute atomic E-state index is 6.85. The predicted molar refractivity (Wildman–Crippen MR) is 48.1 cm³/mol. The number of methoxy groups -OCH3 is 1. The Balaban J connectivity index is 0.00000169. The Labute approximate surface area is 77.0 Å². The molecule has 0 aromatic heterocycles. The second kappa shape index (κ2) is 4.99. The van der Waals surface area contributed by atoms with Gasteiger partial charge in [-0.15, -0.1) is 12.4 Å². The molecule has 0 aliphatic heterocycles. The summed E-state index contributed by atoms with van der Waals surface area (Å²) in [6.07, 6.45) is 0. The first-order chi connectivity index (χ1) is 6.01. The molecule has 0 radical (unpaired) electrons. The monoisotopic (exact) mass is 176 g/mol. The molecule has 2 nitrogen and oxygen atoms in total. The molecule has 11 heavy (non-hydrogen) atoms. The molecule has 0 heterocycles. The van der Waals surface area contributed by atoms with Crippen LogP contribution in [-0.4, -0.2) is 7.04 Å². The average Bonchev–Trinajstić information content (AvgIpc) is 2.03. The molecular formula is C8H12ClNO. The fraction of sp³-hybridized carbons (Fsp3) is 0.250. The van der Waals surface area contributed by atoms with Gasteiger partial charge in [0.05, 0.1) is 11.2 Å². The van der Waals surface area contributed by atoms with E-state index in [1.54, 1.807) is 24.3 Å². The van der Waals surface area contributed by atoms with Crippen LogP contribution in [0.15, 0.2) is 24.3 Å². The SMILES string of the molecule is Cl.[2H]C([2H])([2H])Oc1ccc(CN)cc1. The first-order valence-corrected chi connectivity index (χ1v) is 2.99. The Bertz CT molecular complexity index is 273. The van der Waals surface area contributed by atoms with Crippen LogP contribution >= 0.6 is 12.4 Å². The Morgan fingerprint density at radius 3 is 2.55 bits per heavy atom. The minimum Gasteiger partial charge on any atom is -0.497 e. The van der Waals surface area contributed by atoms with Crippen LogP contribution in [0.2, 0.25) is 0 Å². The third-order valence-electron chi connectivity index (χ3n) is 1.28. The van der Waals surface area contributed by atoms with Crippen molar-refractivity contribution in [2.24, 2.45) is 5.73 Å². The maximum atomic E-state index is 6.85. The molecule has 0 saturated carbocycles. The van der Waals surface area contributed by atoms with Crippen LogP contribution in [0.3, 0.4) is 0 Å². The zero-order chi connectivity index (χ0) is 9.90. The van der Waals surface area contributed by atoms with Crippen molar-refractivity contribution < 1.29 is 8.85 Å². The summed E-state index contributed by atoms with van der Waals surface area (Å²) in [6, 6.07) is 6.66. The molecule has 0 bridgehead atoms. The lowest BCUT2D eigenvalue weighted by Gasteiger charge is -1.99. The highest BCUT2D eigenvalue weighted by Gasteiger charge is 1.89. The molecule has 0 saturated heterocycles. The lowest BCUT2D eigenvalue weighted by atomic mass is 10.2. The number of hydrogen-bond acceptors (Lipinski definition) is 2. The van der Waals surface area contributed by atoms with Crippen molar-refractivity contribution in [2.75, 3.05) is 7.04 Å². The Hall–Kier alpha value is -0.730. The van der Waals surface area contributed by atoms with E-state index in [2.05, 4.69) is 4.74 Å². The number of halogens is 1. The van der Waals surface area contributed by atoms with Gasteiger partial charge in [-0.1, -0.05) is 12.1 Å². The first kappa shape index (κ1) is 5.86. The van der Waals surface area contributed by atoms with Crippen molar-refractivity contribution >= 4 is 12.4 Å². The van der Waals surface area contributed by atoms with Gasteiger partial charge in [0.25, 0.3) is 0 Å². The summed E-state index contributed by atoms with van der Waals surface area (Å²) < 4.78 is 25.2. The second-order valence-corrected chi connectivity index (χ2v) is 1.95. The van der Waals surface area contributed by atoms with E-state index < -0.39 is 7.04 Å². The average molecular weight is 177 g/mol. The maximum Gasteiger partial charge on any atom is 0.118 e. The first-order valence-electron chi connectivity index (χ1n) is 4.49. The number of ether oxygens (including phenoxy) is 1. The molecular weight excluding hydrogens is 162 g/mol. The van der Waals surface area contributed by atoms with Crippen molar-refractivity contribution in [2.45, 2.75) is 6.54 Å². The fourth-order valence-corrected chi connectivity index (χ4v) is 0.694. The van der Waals surface area contributed by atoms with Crippen molar-refractivity contribution in [3.05, 3.63) is 29.8 Å².